The SMILES string of the molecule is Cc1ccc(CN2C[C@H]3CNC[C@H]3C2)c(-c2cnn(C)c2)c1.Cl. The molecule has 0 bridgehead atoms. The number of hydrogen-bond acceptors (Lipinski definition) is 3. The van der Waals surface area contributed by atoms with Crippen LogP contribution in [-0.2, 0) is 13.6 Å². The fourth-order valence-electron chi connectivity index (χ4n) is 3.98. The van der Waals surface area contributed by atoms with Gasteiger partial charge < -0.3 is 5.32 Å². The Morgan fingerprint density at radius 1 is 1.22 bits per heavy atom. The Bertz CT molecular complexity index is 669. The highest BCUT2D eigenvalue weighted by Crippen LogP contribution is 2.30. The minimum Gasteiger partial charge on any atom is -0.316 e. The van der Waals surface area contributed by atoms with Crippen molar-refractivity contribution >= 4 is 12.4 Å². The summed E-state index contributed by atoms with van der Waals surface area (Å²) in [6, 6.07) is 6.82. The second-order valence-electron chi connectivity index (χ2n) is 6.94. The van der Waals surface area contributed by atoms with Crippen LogP contribution in [0.25, 0.3) is 11.1 Å². The van der Waals surface area contributed by atoms with Crippen molar-refractivity contribution in [2.45, 2.75) is 13.5 Å². The van der Waals surface area contributed by atoms with Gasteiger partial charge in [0.25, 0.3) is 0 Å². The van der Waals surface area contributed by atoms with Crippen molar-refractivity contribution in [1.29, 1.82) is 0 Å². The van der Waals surface area contributed by atoms with Gasteiger partial charge in [-0.3, -0.25) is 9.58 Å². The minimum atomic E-state index is 0. The molecule has 2 fully saturated rings. The first-order valence-electron chi connectivity index (χ1n) is 8.20. The molecule has 0 aliphatic carbocycles. The molecule has 2 aliphatic heterocycles. The lowest BCUT2D eigenvalue weighted by Gasteiger charge is -2.19. The highest BCUT2D eigenvalue weighted by molar-refractivity contribution is 5.85. The molecule has 23 heavy (non-hydrogen) atoms. The Morgan fingerprint density at radius 3 is 2.61 bits per heavy atom. The van der Waals surface area contributed by atoms with E-state index in [9.17, 15) is 0 Å². The summed E-state index contributed by atoms with van der Waals surface area (Å²) in [6.07, 6.45) is 4.09. The number of halogens is 1. The lowest BCUT2D eigenvalue weighted by molar-refractivity contribution is 0.306. The predicted molar refractivity (Wildman–Crippen MR) is 95.8 cm³/mol. The molecule has 5 heteroatoms. The highest BCUT2D eigenvalue weighted by atomic mass is 35.5. The third-order valence-electron chi connectivity index (χ3n) is 5.14. The quantitative estimate of drug-likeness (QED) is 0.937. The first kappa shape index (κ1) is 16.5. The van der Waals surface area contributed by atoms with Crippen LogP contribution in [0.1, 0.15) is 11.1 Å². The van der Waals surface area contributed by atoms with Gasteiger partial charge in [-0.25, -0.2) is 0 Å². The van der Waals surface area contributed by atoms with Crippen molar-refractivity contribution in [2.24, 2.45) is 18.9 Å². The van der Waals surface area contributed by atoms with E-state index < -0.39 is 0 Å². The first-order valence-corrected chi connectivity index (χ1v) is 8.20. The van der Waals surface area contributed by atoms with Gasteiger partial charge in [0.15, 0.2) is 0 Å². The normalized spacial score (nSPS) is 23.7. The molecule has 4 rings (SSSR count). The van der Waals surface area contributed by atoms with Crippen molar-refractivity contribution in [3.05, 3.63) is 41.7 Å². The van der Waals surface area contributed by atoms with Crippen LogP contribution in [0.4, 0.5) is 0 Å². The average Bonchev–Trinajstić information content (AvgIpc) is 3.16. The number of aryl methyl sites for hydroxylation is 2. The number of benzene rings is 1. The number of nitrogens with zero attached hydrogens (tertiary/aromatic N) is 3. The highest BCUT2D eigenvalue weighted by Gasteiger charge is 2.35. The summed E-state index contributed by atoms with van der Waals surface area (Å²) in [7, 11) is 1.98. The number of hydrogen-bond donors (Lipinski definition) is 1. The van der Waals surface area contributed by atoms with Gasteiger partial charge in [-0.05, 0) is 43.0 Å². The van der Waals surface area contributed by atoms with Crippen LogP contribution in [0.2, 0.25) is 0 Å². The second kappa shape index (κ2) is 6.63. The molecule has 3 heterocycles. The maximum atomic E-state index is 4.34. The predicted octanol–water partition coefficient (Wildman–Crippen LogP) is 2.47. The zero-order chi connectivity index (χ0) is 15.1. The van der Waals surface area contributed by atoms with E-state index in [-0.39, 0.29) is 12.4 Å². The molecule has 0 spiro atoms. The van der Waals surface area contributed by atoms with Gasteiger partial charge in [-0.15, -0.1) is 12.4 Å². The van der Waals surface area contributed by atoms with Gasteiger partial charge >= 0.3 is 0 Å². The van der Waals surface area contributed by atoms with Crippen molar-refractivity contribution < 1.29 is 0 Å². The standard InChI is InChI=1S/C18H24N4.ClH/c1-13-3-4-14(18(5-13)17-8-20-21(2)9-17)10-22-11-15-6-19-7-16(15)12-22;/h3-5,8-9,15-16,19H,6-7,10-12H2,1-2H3;1H/t15-,16+;. The van der Waals surface area contributed by atoms with E-state index in [0.717, 1.165) is 18.4 Å². The Morgan fingerprint density at radius 2 is 1.96 bits per heavy atom. The summed E-state index contributed by atoms with van der Waals surface area (Å²) in [5.41, 5.74) is 5.29. The summed E-state index contributed by atoms with van der Waals surface area (Å²) in [4.78, 5) is 2.63. The molecule has 0 unspecified atom stereocenters. The van der Waals surface area contributed by atoms with E-state index in [1.807, 2.05) is 17.9 Å². The van der Waals surface area contributed by atoms with E-state index in [1.54, 1.807) is 0 Å². The van der Waals surface area contributed by atoms with Gasteiger partial charge in [0.1, 0.15) is 0 Å². The van der Waals surface area contributed by atoms with Crippen molar-refractivity contribution in [1.82, 2.24) is 20.0 Å². The van der Waals surface area contributed by atoms with E-state index >= 15 is 0 Å². The van der Waals surface area contributed by atoms with E-state index in [1.165, 1.54) is 48.4 Å². The molecular weight excluding hydrogens is 308 g/mol. The monoisotopic (exact) mass is 332 g/mol. The minimum absolute atomic E-state index is 0. The number of aromatic nitrogens is 2. The topological polar surface area (TPSA) is 33.1 Å². The second-order valence-corrected chi connectivity index (χ2v) is 6.94. The molecular formula is C18H25ClN4. The number of rotatable bonds is 3. The molecule has 0 saturated carbocycles. The van der Waals surface area contributed by atoms with Crippen LogP contribution in [0.3, 0.4) is 0 Å². The average molecular weight is 333 g/mol. The maximum Gasteiger partial charge on any atom is 0.0568 e. The van der Waals surface area contributed by atoms with Crippen LogP contribution < -0.4 is 5.32 Å². The Hall–Kier alpha value is -1.36. The fourth-order valence-corrected chi connectivity index (χ4v) is 3.98. The molecule has 2 aromatic rings. The molecule has 2 aliphatic rings. The lowest BCUT2D eigenvalue weighted by atomic mass is 9.99. The molecule has 1 aromatic carbocycles. The van der Waals surface area contributed by atoms with E-state index in [2.05, 4.69) is 46.6 Å². The molecule has 124 valence electrons. The van der Waals surface area contributed by atoms with Crippen molar-refractivity contribution in [3.8, 4) is 11.1 Å². The van der Waals surface area contributed by atoms with Gasteiger partial charge in [0, 0.05) is 38.4 Å². The van der Waals surface area contributed by atoms with Crippen LogP contribution in [-0.4, -0.2) is 40.9 Å². The Kier molecular flexibility index (Phi) is 4.76. The Labute approximate surface area is 144 Å². The first-order chi connectivity index (χ1) is 10.7. The van der Waals surface area contributed by atoms with Gasteiger partial charge in [-0.2, -0.15) is 5.10 Å². The lowest BCUT2D eigenvalue weighted by Crippen LogP contribution is -2.25. The van der Waals surface area contributed by atoms with Crippen molar-refractivity contribution in [3.63, 3.8) is 0 Å². The van der Waals surface area contributed by atoms with Crippen molar-refractivity contribution in [2.75, 3.05) is 26.2 Å². The van der Waals surface area contributed by atoms with E-state index in [4.69, 9.17) is 0 Å². The molecule has 0 amide bonds. The van der Waals surface area contributed by atoms with Gasteiger partial charge in [0.2, 0.25) is 0 Å². The van der Waals surface area contributed by atoms with Crippen LogP contribution in [0.5, 0.6) is 0 Å². The number of likely N-dealkylation sites (tertiary alicyclic amines) is 1. The van der Waals surface area contributed by atoms with E-state index in [0.29, 0.717) is 0 Å². The summed E-state index contributed by atoms with van der Waals surface area (Å²) in [6.45, 7) is 8.08. The summed E-state index contributed by atoms with van der Waals surface area (Å²) >= 11 is 0. The molecule has 1 aromatic heterocycles. The third-order valence-corrected chi connectivity index (χ3v) is 5.14. The van der Waals surface area contributed by atoms with Crippen LogP contribution >= 0.6 is 12.4 Å². The Balaban J connectivity index is 0.00000156. The van der Waals surface area contributed by atoms with Gasteiger partial charge in [0.05, 0.1) is 6.20 Å². The van der Waals surface area contributed by atoms with Crippen LogP contribution in [0.15, 0.2) is 30.6 Å². The zero-order valence-electron chi connectivity index (χ0n) is 13.8. The maximum absolute atomic E-state index is 4.34. The molecule has 2 saturated heterocycles. The third kappa shape index (κ3) is 3.30. The molecule has 0 radical (unpaired) electrons. The number of fused-ring (bicyclic) bond motifs is 1. The van der Waals surface area contributed by atoms with Gasteiger partial charge in [-0.1, -0.05) is 23.8 Å². The zero-order valence-corrected chi connectivity index (χ0v) is 14.6. The summed E-state index contributed by atoms with van der Waals surface area (Å²) in [5.74, 6) is 1.71. The molecule has 2 atom stereocenters. The summed E-state index contributed by atoms with van der Waals surface area (Å²) in [5, 5.41) is 7.86. The largest absolute Gasteiger partial charge is 0.316 e. The smallest absolute Gasteiger partial charge is 0.0568 e. The summed E-state index contributed by atoms with van der Waals surface area (Å²) < 4.78 is 1.88. The number of nitrogens with one attached hydrogen (secondary N) is 1. The molecule has 4 nitrogen and oxygen atoms in total. The van der Waals surface area contributed by atoms with Crippen LogP contribution in [0, 0.1) is 18.8 Å². The molecule has 1 N–H and O–H groups in total. The fraction of sp³-hybridized carbons (Fsp3) is 0.500.